The predicted octanol–water partition coefficient (Wildman–Crippen LogP) is 3.31. The van der Waals surface area contributed by atoms with Crippen LogP contribution >= 0.6 is 0 Å². The Morgan fingerprint density at radius 2 is 2.00 bits per heavy atom. The molecule has 0 saturated carbocycles. The minimum Gasteiger partial charge on any atom is -0.454 e. The average molecular weight is 316 g/mol. The van der Waals surface area contributed by atoms with E-state index in [0.29, 0.717) is 18.4 Å². The molecule has 1 fully saturated rings. The average Bonchev–Trinajstić information content (AvgIpc) is 3.00. The third-order valence-corrected chi connectivity index (χ3v) is 6.27. The van der Waals surface area contributed by atoms with Crippen LogP contribution in [-0.4, -0.2) is 25.1 Å². The van der Waals surface area contributed by atoms with E-state index in [1.807, 2.05) is 12.1 Å². The molecule has 2 bridgehead atoms. The van der Waals surface area contributed by atoms with Crippen molar-refractivity contribution in [2.75, 3.05) is 20.0 Å². The zero-order valence-corrected chi connectivity index (χ0v) is 13.9. The van der Waals surface area contributed by atoms with Crippen LogP contribution in [0.15, 0.2) is 29.8 Å². The summed E-state index contributed by atoms with van der Waals surface area (Å²) in [6.07, 6.45) is 2.33. The topological polar surface area (TPSA) is 47.9 Å². The van der Waals surface area contributed by atoms with E-state index in [1.165, 1.54) is 5.57 Å². The number of aliphatic hydroxyl groups excluding tert-OH is 1. The Bertz CT molecular complexity index is 653. The summed E-state index contributed by atoms with van der Waals surface area (Å²) < 4.78 is 17.2. The minimum atomic E-state index is -0.170. The molecule has 1 aromatic carbocycles. The SMILES string of the molecule is CC1=C[C@H](C)[C@@]2(CO)CO[C@@H](c3ccc4c(c3)OCO4)[C@H]1[C@H]2C. The van der Waals surface area contributed by atoms with Crippen LogP contribution in [0, 0.1) is 23.2 Å². The molecule has 4 heteroatoms. The first kappa shape index (κ1) is 15.0. The van der Waals surface area contributed by atoms with Gasteiger partial charge in [0.05, 0.1) is 19.3 Å². The molecule has 1 aromatic rings. The van der Waals surface area contributed by atoms with Crippen molar-refractivity contribution in [2.24, 2.45) is 23.2 Å². The number of benzene rings is 1. The van der Waals surface area contributed by atoms with E-state index in [4.69, 9.17) is 14.2 Å². The first-order chi connectivity index (χ1) is 11.1. The van der Waals surface area contributed by atoms with Gasteiger partial charge in [-0.1, -0.05) is 31.6 Å². The highest BCUT2D eigenvalue weighted by Gasteiger charge is 2.53. The number of ether oxygens (including phenoxy) is 3. The highest BCUT2D eigenvalue weighted by molar-refractivity contribution is 5.45. The van der Waals surface area contributed by atoms with Crippen LogP contribution in [0.5, 0.6) is 11.5 Å². The molecular formula is C19H24O4. The maximum atomic E-state index is 10.1. The van der Waals surface area contributed by atoms with Crippen LogP contribution in [0.2, 0.25) is 0 Å². The number of hydrogen-bond donors (Lipinski definition) is 1. The van der Waals surface area contributed by atoms with Gasteiger partial charge in [0, 0.05) is 11.3 Å². The largest absolute Gasteiger partial charge is 0.454 e. The second-order valence-corrected chi connectivity index (χ2v) is 7.25. The fourth-order valence-corrected chi connectivity index (χ4v) is 4.68. The number of rotatable bonds is 2. The molecule has 23 heavy (non-hydrogen) atoms. The number of hydrogen-bond acceptors (Lipinski definition) is 4. The van der Waals surface area contributed by atoms with Crippen LogP contribution in [0.3, 0.4) is 0 Å². The summed E-state index contributed by atoms with van der Waals surface area (Å²) >= 11 is 0. The fourth-order valence-electron chi connectivity index (χ4n) is 4.68. The van der Waals surface area contributed by atoms with E-state index >= 15 is 0 Å². The summed E-state index contributed by atoms with van der Waals surface area (Å²) in [5, 5.41) is 10.1. The van der Waals surface area contributed by atoms with E-state index in [1.54, 1.807) is 0 Å². The smallest absolute Gasteiger partial charge is 0.231 e. The monoisotopic (exact) mass is 316 g/mol. The lowest BCUT2D eigenvalue weighted by Crippen LogP contribution is -2.53. The quantitative estimate of drug-likeness (QED) is 0.850. The van der Waals surface area contributed by atoms with Crippen molar-refractivity contribution >= 4 is 0 Å². The molecule has 5 atom stereocenters. The first-order valence-corrected chi connectivity index (χ1v) is 8.37. The van der Waals surface area contributed by atoms with Crippen molar-refractivity contribution in [2.45, 2.75) is 26.9 Å². The maximum Gasteiger partial charge on any atom is 0.231 e. The Balaban J connectivity index is 1.73. The van der Waals surface area contributed by atoms with Crippen molar-refractivity contribution < 1.29 is 19.3 Å². The highest BCUT2D eigenvalue weighted by Crippen LogP contribution is 2.56. The van der Waals surface area contributed by atoms with Crippen LogP contribution in [0.25, 0.3) is 0 Å². The van der Waals surface area contributed by atoms with E-state index in [2.05, 4.69) is 32.9 Å². The Hall–Kier alpha value is -1.52. The van der Waals surface area contributed by atoms with Gasteiger partial charge < -0.3 is 19.3 Å². The summed E-state index contributed by atoms with van der Waals surface area (Å²) in [7, 11) is 0. The zero-order valence-electron chi connectivity index (χ0n) is 13.9. The van der Waals surface area contributed by atoms with Gasteiger partial charge in [0.15, 0.2) is 11.5 Å². The standard InChI is InChI=1S/C19H24O4/c1-11-6-12(2)19(8-20)9-21-18(17(11)13(19)3)14-4-5-15-16(7-14)23-10-22-15/h4-7,12-13,17-18,20H,8-10H2,1-3H3/t12-,13+,17+,18-,19+/m0/s1. The maximum absolute atomic E-state index is 10.1. The van der Waals surface area contributed by atoms with Gasteiger partial charge in [0.2, 0.25) is 6.79 Å². The normalized spacial score (nSPS) is 38.3. The van der Waals surface area contributed by atoms with Crippen LogP contribution < -0.4 is 9.47 Å². The van der Waals surface area contributed by atoms with Gasteiger partial charge in [-0.2, -0.15) is 0 Å². The van der Waals surface area contributed by atoms with Gasteiger partial charge in [-0.25, -0.2) is 0 Å². The summed E-state index contributed by atoms with van der Waals surface area (Å²) in [6.45, 7) is 7.68. The van der Waals surface area contributed by atoms with Crippen molar-refractivity contribution in [3.05, 3.63) is 35.4 Å². The third kappa shape index (κ3) is 2.05. The highest BCUT2D eigenvalue weighted by atomic mass is 16.7. The van der Waals surface area contributed by atoms with Crippen molar-refractivity contribution in [1.29, 1.82) is 0 Å². The van der Waals surface area contributed by atoms with Crippen LogP contribution in [-0.2, 0) is 4.74 Å². The molecule has 124 valence electrons. The molecule has 0 aromatic heterocycles. The summed E-state index contributed by atoms with van der Waals surface area (Å²) in [6, 6.07) is 6.07. The molecule has 0 unspecified atom stereocenters. The summed E-state index contributed by atoms with van der Waals surface area (Å²) in [4.78, 5) is 0. The fraction of sp³-hybridized carbons (Fsp3) is 0.579. The molecule has 4 rings (SSSR count). The minimum absolute atomic E-state index is 0.00271. The van der Waals surface area contributed by atoms with Crippen LogP contribution in [0.1, 0.15) is 32.4 Å². The first-order valence-electron chi connectivity index (χ1n) is 8.37. The number of aliphatic hydroxyl groups is 1. The van der Waals surface area contributed by atoms with E-state index in [0.717, 1.165) is 17.1 Å². The summed E-state index contributed by atoms with van der Waals surface area (Å²) in [5.41, 5.74) is 2.31. The second kappa shape index (κ2) is 5.25. The molecule has 0 radical (unpaired) electrons. The van der Waals surface area contributed by atoms with Gasteiger partial charge in [0.25, 0.3) is 0 Å². The molecule has 1 N–H and O–H groups in total. The molecule has 2 heterocycles. The second-order valence-electron chi connectivity index (χ2n) is 7.25. The van der Waals surface area contributed by atoms with Crippen molar-refractivity contribution in [3.63, 3.8) is 0 Å². The lowest BCUT2D eigenvalue weighted by Gasteiger charge is -2.55. The number of allylic oxidation sites excluding steroid dienone is 1. The van der Waals surface area contributed by atoms with Gasteiger partial charge in [-0.15, -0.1) is 0 Å². The van der Waals surface area contributed by atoms with Crippen molar-refractivity contribution in [1.82, 2.24) is 0 Å². The number of fused-ring (bicyclic) bond motifs is 3. The van der Waals surface area contributed by atoms with E-state index in [9.17, 15) is 5.11 Å². The zero-order chi connectivity index (χ0) is 16.2. The van der Waals surface area contributed by atoms with Crippen molar-refractivity contribution in [3.8, 4) is 11.5 Å². The Morgan fingerprint density at radius 1 is 1.22 bits per heavy atom. The molecule has 0 spiro atoms. The lowest BCUT2D eigenvalue weighted by atomic mass is 9.56. The van der Waals surface area contributed by atoms with Crippen LogP contribution in [0.4, 0.5) is 0 Å². The molecule has 1 saturated heterocycles. The Kier molecular flexibility index (Phi) is 3.43. The van der Waals surface area contributed by atoms with Gasteiger partial charge in [0.1, 0.15) is 0 Å². The molecule has 2 aliphatic heterocycles. The molecule has 1 aliphatic carbocycles. The molecule has 3 aliphatic rings. The molecular weight excluding hydrogens is 292 g/mol. The molecule has 0 amide bonds. The predicted molar refractivity (Wildman–Crippen MR) is 86.4 cm³/mol. The van der Waals surface area contributed by atoms with Gasteiger partial charge in [-0.3, -0.25) is 0 Å². The molecule has 4 nitrogen and oxygen atoms in total. The Labute approximate surface area is 137 Å². The van der Waals surface area contributed by atoms with Gasteiger partial charge in [-0.05, 0) is 36.5 Å². The lowest BCUT2D eigenvalue weighted by molar-refractivity contribution is -0.165. The summed E-state index contributed by atoms with van der Waals surface area (Å²) in [5.74, 6) is 2.58. The Morgan fingerprint density at radius 3 is 2.78 bits per heavy atom. The third-order valence-electron chi connectivity index (χ3n) is 6.27. The van der Waals surface area contributed by atoms with E-state index in [-0.39, 0.29) is 30.8 Å². The van der Waals surface area contributed by atoms with Gasteiger partial charge >= 0.3 is 0 Å². The van der Waals surface area contributed by atoms with E-state index < -0.39 is 0 Å².